The van der Waals surface area contributed by atoms with Crippen LogP contribution in [-0.4, -0.2) is 121 Å². The van der Waals surface area contributed by atoms with Crippen molar-refractivity contribution in [2.24, 2.45) is 17.8 Å². The molecule has 4 saturated heterocycles. The van der Waals surface area contributed by atoms with Crippen LogP contribution in [0, 0.1) is 17.8 Å². The van der Waals surface area contributed by atoms with Gasteiger partial charge >= 0.3 is 5.97 Å². The number of aliphatic hydroxyl groups excluding tert-OH is 1. The summed E-state index contributed by atoms with van der Waals surface area (Å²) in [4.78, 5) is 48.0. The third-order valence-electron chi connectivity index (χ3n) is 9.61. The fourth-order valence-corrected chi connectivity index (χ4v) is 7.37. The quantitative estimate of drug-likeness (QED) is 0.169. The van der Waals surface area contributed by atoms with Crippen LogP contribution in [0.25, 0.3) is 0 Å². The number of amides is 2. The van der Waals surface area contributed by atoms with Crippen LogP contribution in [0.4, 0.5) is 0 Å². The molecule has 1 spiro atoms. The lowest BCUT2D eigenvalue weighted by molar-refractivity contribution is -0.162. The Morgan fingerprint density at radius 3 is 2.59 bits per heavy atom. The fraction of sp³-hybridized carbons (Fsp3) is 0.774. The van der Waals surface area contributed by atoms with E-state index in [9.17, 15) is 19.5 Å². The van der Waals surface area contributed by atoms with E-state index >= 15 is 0 Å². The van der Waals surface area contributed by atoms with Gasteiger partial charge in [0.05, 0.1) is 31.3 Å². The molecule has 0 aromatic heterocycles. The molecule has 3 unspecified atom stereocenters. The second kappa shape index (κ2) is 13.8. The fourth-order valence-electron chi connectivity index (χ4n) is 7.37. The van der Waals surface area contributed by atoms with Crippen molar-refractivity contribution in [2.45, 2.75) is 69.6 Å². The molecule has 4 heterocycles. The van der Waals surface area contributed by atoms with Gasteiger partial charge < -0.3 is 29.1 Å². The second-order valence-electron chi connectivity index (χ2n) is 12.1. The molecule has 10 heteroatoms. The van der Waals surface area contributed by atoms with Crippen LogP contribution in [0.3, 0.4) is 0 Å². The van der Waals surface area contributed by atoms with Crippen LogP contribution in [0.5, 0.6) is 0 Å². The molecule has 0 aliphatic carbocycles. The largest absolute Gasteiger partial charge is 0.465 e. The molecule has 6 atom stereocenters. The van der Waals surface area contributed by atoms with Gasteiger partial charge in [-0.15, -0.1) is 13.2 Å². The van der Waals surface area contributed by atoms with Crippen LogP contribution in [0.15, 0.2) is 25.3 Å². The number of allylic oxidation sites excluding steroid dienone is 1. The van der Waals surface area contributed by atoms with Gasteiger partial charge in [-0.05, 0) is 51.4 Å². The predicted octanol–water partition coefficient (Wildman–Crippen LogP) is 2.02. The molecular weight excluding hydrogens is 526 g/mol. The van der Waals surface area contributed by atoms with Gasteiger partial charge in [0.25, 0.3) is 0 Å². The van der Waals surface area contributed by atoms with Crippen molar-refractivity contribution in [2.75, 3.05) is 65.7 Å². The van der Waals surface area contributed by atoms with Crippen molar-refractivity contribution in [1.29, 1.82) is 0 Å². The number of carbonyl (C=O) groups excluding carboxylic acids is 3. The average Bonchev–Trinajstić information content (AvgIpc) is 3.47. The molecule has 4 fully saturated rings. The zero-order valence-corrected chi connectivity index (χ0v) is 24.9. The number of esters is 1. The second-order valence-corrected chi connectivity index (χ2v) is 12.1. The van der Waals surface area contributed by atoms with Crippen molar-refractivity contribution < 1.29 is 33.7 Å². The summed E-state index contributed by atoms with van der Waals surface area (Å²) in [6, 6.07) is -0.849. The lowest BCUT2D eigenvalue weighted by atomic mass is 9.62. The van der Waals surface area contributed by atoms with Gasteiger partial charge in [-0.1, -0.05) is 19.1 Å². The summed E-state index contributed by atoms with van der Waals surface area (Å²) in [6.07, 6.45) is 7.57. The lowest BCUT2D eigenvalue weighted by Gasteiger charge is -2.38. The number of unbranched alkanes of at least 4 members (excludes halogenated alkanes) is 3. The smallest absolute Gasteiger partial charge is 0.312 e. The molecule has 10 nitrogen and oxygen atoms in total. The Balaban J connectivity index is 1.61. The van der Waals surface area contributed by atoms with Crippen molar-refractivity contribution in [3.8, 4) is 0 Å². The summed E-state index contributed by atoms with van der Waals surface area (Å²) in [6.45, 7) is 16.7. The molecule has 1 N–H and O–H groups in total. The van der Waals surface area contributed by atoms with E-state index in [4.69, 9.17) is 14.2 Å². The molecule has 4 aliphatic rings. The maximum Gasteiger partial charge on any atom is 0.312 e. The molecule has 2 bridgehead atoms. The first-order chi connectivity index (χ1) is 19.7. The van der Waals surface area contributed by atoms with Crippen LogP contribution in [0.2, 0.25) is 0 Å². The Bertz CT molecular complexity index is 969. The van der Waals surface area contributed by atoms with Gasteiger partial charge in [0.1, 0.15) is 17.6 Å². The number of carbonyl (C=O) groups is 3. The van der Waals surface area contributed by atoms with Crippen LogP contribution >= 0.6 is 0 Å². The molecule has 0 radical (unpaired) electrons. The number of hydrogen-bond donors (Lipinski definition) is 1. The maximum absolute atomic E-state index is 14.5. The molecule has 4 aliphatic heterocycles. The highest BCUT2D eigenvalue weighted by atomic mass is 16.6. The first-order valence-electron chi connectivity index (χ1n) is 15.3. The van der Waals surface area contributed by atoms with Crippen molar-refractivity contribution in [3.05, 3.63) is 25.3 Å². The minimum atomic E-state index is -1.10. The number of nitrogens with zero attached hydrogens (tertiary/aromatic N) is 3. The molecule has 230 valence electrons. The Kier molecular flexibility index (Phi) is 10.7. The minimum absolute atomic E-state index is 0.00373. The van der Waals surface area contributed by atoms with Gasteiger partial charge in [0, 0.05) is 45.9 Å². The van der Waals surface area contributed by atoms with Gasteiger partial charge in [-0.25, -0.2) is 0 Å². The zero-order valence-electron chi connectivity index (χ0n) is 24.9. The number of morpholine rings is 1. The van der Waals surface area contributed by atoms with Crippen LogP contribution < -0.4 is 0 Å². The summed E-state index contributed by atoms with van der Waals surface area (Å²) in [5.74, 6) is -2.42. The van der Waals surface area contributed by atoms with E-state index in [1.165, 1.54) is 0 Å². The Hall–Kier alpha value is -2.27. The molecule has 41 heavy (non-hydrogen) atoms. The number of likely N-dealkylation sites (tertiary alicyclic amines) is 1. The Labute approximate surface area is 244 Å². The Morgan fingerprint density at radius 2 is 1.90 bits per heavy atom. The average molecular weight is 576 g/mol. The number of fused-ring (bicyclic) bond motifs is 1. The van der Waals surface area contributed by atoms with Crippen LogP contribution in [0.1, 0.15) is 52.4 Å². The minimum Gasteiger partial charge on any atom is -0.465 e. The summed E-state index contributed by atoms with van der Waals surface area (Å²) in [5.41, 5.74) is -2.00. The number of aliphatic hydroxyl groups is 1. The van der Waals surface area contributed by atoms with Gasteiger partial charge in [0.2, 0.25) is 11.8 Å². The van der Waals surface area contributed by atoms with E-state index in [-0.39, 0.29) is 30.9 Å². The highest BCUT2D eigenvalue weighted by Crippen LogP contribution is 2.65. The van der Waals surface area contributed by atoms with E-state index in [0.29, 0.717) is 58.7 Å². The topological polar surface area (TPSA) is 109 Å². The summed E-state index contributed by atoms with van der Waals surface area (Å²) in [5, 5.41) is 9.42. The number of ether oxygens (including phenoxy) is 3. The highest BCUT2D eigenvalue weighted by molar-refractivity contribution is 5.98. The van der Waals surface area contributed by atoms with E-state index in [1.54, 1.807) is 15.9 Å². The van der Waals surface area contributed by atoms with Crippen molar-refractivity contribution >= 4 is 17.8 Å². The Morgan fingerprint density at radius 1 is 1.15 bits per heavy atom. The lowest BCUT2D eigenvalue weighted by Crippen LogP contribution is -2.57. The third-order valence-corrected chi connectivity index (χ3v) is 9.61. The van der Waals surface area contributed by atoms with E-state index in [1.807, 2.05) is 19.9 Å². The van der Waals surface area contributed by atoms with Gasteiger partial charge in [-0.2, -0.15) is 0 Å². The van der Waals surface area contributed by atoms with Gasteiger partial charge in [-0.3, -0.25) is 19.3 Å². The standard InChI is InChI=1S/C31H49N3O7/c1-5-7-8-11-19-40-29(38)25-24-27(36)34(13-9-10-18-35)26(31(24)22-23(3)30(25,4)41-31)28(37)33(12-6-2)15-14-32-16-20-39-21-17-32/h5-6,23-26,35H,1-2,7-22H2,3-4H3/t23?,24-,25-,26?,30+,31?/m0/s1. The SMILES string of the molecule is C=CCCCCOC(=O)[C@@H]1[C@H]2C(=O)N(CCCCO)C(C(=O)N(CC=C)CCN3CCOCC3)C23CC(C)[C@@]1(C)O3. The van der Waals surface area contributed by atoms with Crippen molar-refractivity contribution in [3.63, 3.8) is 0 Å². The van der Waals surface area contributed by atoms with E-state index < -0.39 is 35.0 Å². The van der Waals surface area contributed by atoms with E-state index in [2.05, 4.69) is 18.1 Å². The first-order valence-corrected chi connectivity index (χ1v) is 15.3. The predicted molar refractivity (Wildman–Crippen MR) is 154 cm³/mol. The van der Waals surface area contributed by atoms with Crippen molar-refractivity contribution in [1.82, 2.24) is 14.7 Å². The number of hydrogen-bond acceptors (Lipinski definition) is 8. The molecular formula is C31H49N3O7. The monoisotopic (exact) mass is 575 g/mol. The summed E-state index contributed by atoms with van der Waals surface area (Å²) < 4.78 is 18.0. The summed E-state index contributed by atoms with van der Waals surface area (Å²) in [7, 11) is 0. The molecule has 0 aromatic rings. The molecule has 2 amide bonds. The maximum atomic E-state index is 14.5. The summed E-state index contributed by atoms with van der Waals surface area (Å²) >= 11 is 0. The van der Waals surface area contributed by atoms with E-state index in [0.717, 1.165) is 32.4 Å². The number of rotatable bonds is 16. The molecule has 0 aromatic carbocycles. The van der Waals surface area contributed by atoms with Gasteiger partial charge in [0.15, 0.2) is 0 Å². The molecule has 0 saturated carbocycles. The zero-order chi connectivity index (χ0) is 29.6. The first kappa shape index (κ1) is 31.7. The normalized spacial score (nSPS) is 32.7. The van der Waals surface area contributed by atoms with Crippen LogP contribution in [-0.2, 0) is 28.6 Å². The third kappa shape index (κ3) is 6.12. The molecule has 4 rings (SSSR count). The highest BCUT2D eigenvalue weighted by Gasteiger charge is 2.80.